The van der Waals surface area contributed by atoms with E-state index in [-0.39, 0.29) is 5.91 Å². The molecule has 118 valence electrons. The molecule has 0 aliphatic heterocycles. The van der Waals surface area contributed by atoms with E-state index in [2.05, 4.69) is 15.2 Å². The first-order chi connectivity index (χ1) is 10.6. The van der Waals surface area contributed by atoms with Crippen LogP contribution >= 0.6 is 22.9 Å². The molecule has 0 aliphatic rings. The maximum absolute atomic E-state index is 11.7. The Morgan fingerprint density at radius 1 is 1.32 bits per heavy atom. The van der Waals surface area contributed by atoms with Crippen molar-refractivity contribution < 1.29 is 4.79 Å². The molecule has 1 aromatic carbocycles. The smallest absolute Gasteiger partial charge is 0.234 e. The van der Waals surface area contributed by atoms with Gasteiger partial charge in [0.15, 0.2) is 0 Å². The summed E-state index contributed by atoms with van der Waals surface area (Å²) >= 11 is 7.51. The SMILES string of the molecule is CCNC(=O)CN(CC)Cc1csc(-c2ccc(Cl)cc2)n1. The average molecular weight is 338 g/mol. The second-order valence-electron chi connectivity index (χ2n) is 4.91. The van der Waals surface area contributed by atoms with Crippen LogP contribution in [0, 0.1) is 0 Å². The standard InChI is InChI=1S/C16H20ClN3OS/c1-3-18-15(21)10-20(4-2)9-14-11-22-16(19-14)12-5-7-13(17)8-6-12/h5-8,11H,3-4,9-10H2,1-2H3,(H,18,21). The number of carbonyl (C=O) groups excluding carboxylic acids is 1. The Kier molecular flexibility index (Phi) is 6.36. The highest BCUT2D eigenvalue weighted by atomic mass is 35.5. The highest BCUT2D eigenvalue weighted by molar-refractivity contribution is 7.13. The minimum Gasteiger partial charge on any atom is -0.355 e. The van der Waals surface area contributed by atoms with Gasteiger partial charge in [0.25, 0.3) is 0 Å². The molecule has 2 aromatic rings. The molecule has 1 amide bonds. The lowest BCUT2D eigenvalue weighted by molar-refractivity contribution is -0.122. The lowest BCUT2D eigenvalue weighted by Crippen LogP contribution is -2.36. The highest BCUT2D eigenvalue weighted by Crippen LogP contribution is 2.25. The van der Waals surface area contributed by atoms with Crippen LogP contribution in [0.15, 0.2) is 29.6 Å². The summed E-state index contributed by atoms with van der Waals surface area (Å²) in [6.07, 6.45) is 0. The Bertz CT molecular complexity index is 612. The van der Waals surface area contributed by atoms with Crippen molar-refractivity contribution in [2.75, 3.05) is 19.6 Å². The van der Waals surface area contributed by atoms with Gasteiger partial charge in [-0.3, -0.25) is 9.69 Å². The summed E-state index contributed by atoms with van der Waals surface area (Å²) in [6.45, 7) is 6.52. The topological polar surface area (TPSA) is 45.2 Å². The molecule has 0 unspecified atom stereocenters. The van der Waals surface area contributed by atoms with Gasteiger partial charge < -0.3 is 5.32 Å². The number of hydrogen-bond acceptors (Lipinski definition) is 4. The fourth-order valence-electron chi connectivity index (χ4n) is 2.07. The van der Waals surface area contributed by atoms with Gasteiger partial charge in [-0.1, -0.05) is 30.7 Å². The normalized spacial score (nSPS) is 10.9. The second-order valence-corrected chi connectivity index (χ2v) is 6.20. The molecule has 0 spiro atoms. The molecule has 2 rings (SSSR count). The van der Waals surface area contributed by atoms with E-state index in [0.717, 1.165) is 27.8 Å². The number of benzene rings is 1. The van der Waals surface area contributed by atoms with Crippen molar-refractivity contribution in [3.05, 3.63) is 40.4 Å². The van der Waals surface area contributed by atoms with Crippen LogP contribution in [0.4, 0.5) is 0 Å². The van der Waals surface area contributed by atoms with Crippen LogP contribution < -0.4 is 5.32 Å². The number of thiazole rings is 1. The predicted octanol–water partition coefficient (Wildman–Crippen LogP) is 3.42. The zero-order valence-corrected chi connectivity index (χ0v) is 14.4. The number of aromatic nitrogens is 1. The van der Waals surface area contributed by atoms with Crippen LogP contribution in [0.2, 0.25) is 5.02 Å². The van der Waals surface area contributed by atoms with Crippen LogP contribution in [0.5, 0.6) is 0 Å². The van der Waals surface area contributed by atoms with Gasteiger partial charge in [0.05, 0.1) is 12.2 Å². The molecule has 22 heavy (non-hydrogen) atoms. The summed E-state index contributed by atoms with van der Waals surface area (Å²) in [5.41, 5.74) is 2.05. The van der Waals surface area contributed by atoms with Crippen LogP contribution in [0.3, 0.4) is 0 Å². The van der Waals surface area contributed by atoms with Crippen molar-refractivity contribution in [2.24, 2.45) is 0 Å². The highest BCUT2D eigenvalue weighted by Gasteiger charge is 2.11. The lowest BCUT2D eigenvalue weighted by Gasteiger charge is -2.18. The molecule has 0 radical (unpaired) electrons. The second kappa shape index (κ2) is 8.27. The van der Waals surface area contributed by atoms with E-state index < -0.39 is 0 Å². The summed E-state index contributed by atoms with van der Waals surface area (Å²) in [4.78, 5) is 18.4. The first kappa shape index (κ1) is 16.9. The van der Waals surface area contributed by atoms with E-state index in [4.69, 9.17) is 11.6 Å². The summed E-state index contributed by atoms with van der Waals surface area (Å²) in [6, 6.07) is 7.67. The fraction of sp³-hybridized carbons (Fsp3) is 0.375. The van der Waals surface area contributed by atoms with Crippen LogP contribution in [0.1, 0.15) is 19.5 Å². The number of nitrogens with zero attached hydrogens (tertiary/aromatic N) is 2. The number of amides is 1. The third kappa shape index (κ3) is 4.80. The van der Waals surface area contributed by atoms with Gasteiger partial charge in [-0.15, -0.1) is 11.3 Å². The molecule has 0 aliphatic carbocycles. The van der Waals surface area contributed by atoms with Gasteiger partial charge in [0.1, 0.15) is 5.01 Å². The Labute approximate surface area is 140 Å². The van der Waals surface area contributed by atoms with Gasteiger partial charge in [-0.2, -0.15) is 0 Å². The molecule has 0 atom stereocenters. The molecular formula is C16H20ClN3OS. The molecular weight excluding hydrogens is 318 g/mol. The monoisotopic (exact) mass is 337 g/mol. The van der Waals surface area contributed by atoms with Gasteiger partial charge in [0.2, 0.25) is 5.91 Å². The minimum atomic E-state index is 0.0532. The third-order valence-corrected chi connectivity index (χ3v) is 4.41. The van der Waals surface area contributed by atoms with Crippen molar-refractivity contribution >= 4 is 28.8 Å². The number of halogens is 1. The molecule has 0 saturated carbocycles. The Morgan fingerprint density at radius 3 is 2.68 bits per heavy atom. The Balaban J connectivity index is 2.01. The molecule has 0 fully saturated rings. The summed E-state index contributed by atoms with van der Waals surface area (Å²) < 4.78 is 0. The van der Waals surface area contributed by atoms with Gasteiger partial charge >= 0.3 is 0 Å². The van der Waals surface area contributed by atoms with Gasteiger partial charge in [0, 0.05) is 29.1 Å². The summed E-state index contributed by atoms with van der Waals surface area (Å²) in [5.74, 6) is 0.0532. The predicted molar refractivity (Wildman–Crippen MR) is 92.2 cm³/mol. The minimum absolute atomic E-state index is 0.0532. The lowest BCUT2D eigenvalue weighted by atomic mass is 10.2. The van der Waals surface area contributed by atoms with E-state index in [0.29, 0.717) is 19.6 Å². The van der Waals surface area contributed by atoms with Crippen molar-refractivity contribution in [1.82, 2.24) is 15.2 Å². The number of nitrogens with one attached hydrogen (secondary N) is 1. The summed E-state index contributed by atoms with van der Waals surface area (Å²) in [5, 5.41) is 6.56. The Hall–Kier alpha value is -1.43. The van der Waals surface area contributed by atoms with Gasteiger partial charge in [-0.05, 0) is 25.6 Å². The van der Waals surface area contributed by atoms with Crippen molar-refractivity contribution in [1.29, 1.82) is 0 Å². The maximum Gasteiger partial charge on any atom is 0.234 e. The largest absolute Gasteiger partial charge is 0.355 e. The first-order valence-corrected chi connectivity index (χ1v) is 8.57. The Morgan fingerprint density at radius 2 is 2.05 bits per heavy atom. The van der Waals surface area contributed by atoms with E-state index in [1.807, 2.05) is 43.5 Å². The van der Waals surface area contributed by atoms with Crippen molar-refractivity contribution in [3.8, 4) is 10.6 Å². The number of rotatable bonds is 7. The third-order valence-electron chi connectivity index (χ3n) is 3.22. The number of hydrogen-bond donors (Lipinski definition) is 1. The van der Waals surface area contributed by atoms with E-state index in [1.165, 1.54) is 0 Å². The van der Waals surface area contributed by atoms with E-state index in [1.54, 1.807) is 11.3 Å². The molecule has 4 nitrogen and oxygen atoms in total. The molecule has 1 N–H and O–H groups in total. The van der Waals surface area contributed by atoms with E-state index >= 15 is 0 Å². The molecule has 1 heterocycles. The zero-order chi connectivity index (χ0) is 15.9. The van der Waals surface area contributed by atoms with Crippen molar-refractivity contribution in [3.63, 3.8) is 0 Å². The number of carbonyl (C=O) groups is 1. The zero-order valence-electron chi connectivity index (χ0n) is 12.8. The average Bonchev–Trinajstić information content (AvgIpc) is 2.96. The quantitative estimate of drug-likeness (QED) is 0.842. The molecule has 0 bridgehead atoms. The molecule has 0 saturated heterocycles. The van der Waals surface area contributed by atoms with E-state index in [9.17, 15) is 4.79 Å². The number of likely N-dealkylation sites (N-methyl/N-ethyl adjacent to an activating group) is 2. The molecule has 6 heteroatoms. The van der Waals surface area contributed by atoms with Gasteiger partial charge in [-0.25, -0.2) is 4.98 Å². The summed E-state index contributed by atoms with van der Waals surface area (Å²) in [7, 11) is 0. The van der Waals surface area contributed by atoms with Crippen LogP contribution in [-0.2, 0) is 11.3 Å². The van der Waals surface area contributed by atoms with Crippen molar-refractivity contribution in [2.45, 2.75) is 20.4 Å². The molecule has 1 aromatic heterocycles. The fourth-order valence-corrected chi connectivity index (χ4v) is 3.01. The maximum atomic E-state index is 11.7. The van der Waals surface area contributed by atoms with Crippen LogP contribution in [-0.4, -0.2) is 35.4 Å². The van der Waals surface area contributed by atoms with Crippen LogP contribution in [0.25, 0.3) is 10.6 Å². The first-order valence-electron chi connectivity index (χ1n) is 7.31.